The number of piperidine rings is 1. The minimum Gasteiger partial charge on any atom is -0.324 e. The number of carbonyl (C=O) groups excluding carboxylic acids is 2. The maximum atomic E-state index is 13.0. The topological polar surface area (TPSA) is 55.9 Å². The summed E-state index contributed by atoms with van der Waals surface area (Å²) in [7, 11) is 0. The second kappa shape index (κ2) is 8.73. The zero-order chi connectivity index (χ0) is 21.1. The van der Waals surface area contributed by atoms with Crippen LogP contribution < -0.4 is 5.32 Å². The third kappa shape index (κ3) is 4.56. The molecule has 7 heteroatoms. The molecule has 0 radical (unpaired) electrons. The predicted octanol–water partition coefficient (Wildman–Crippen LogP) is 4.07. The molecule has 2 aliphatic heterocycles. The van der Waals surface area contributed by atoms with Crippen molar-refractivity contribution in [3.05, 3.63) is 65.5 Å². The SMILES string of the molecule is Cc1cccc(CN2CCN(C3CCN(C(=O)Nc4ccc(F)cc4)CC3)C2=O)c1. The van der Waals surface area contributed by atoms with Crippen LogP contribution in [0.1, 0.15) is 24.0 Å². The molecule has 4 rings (SSSR count). The van der Waals surface area contributed by atoms with Crippen LogP contribution in [0.3, 0.4) is 0 Å². The van der Waals surface area contributed by atoms with Crippen molar-refractivity contribution in [1.29, 1.82) is 0 Å². The summed E-state index contributed by atoms with van der Waals surface area (Å²) in [6, 6.07) is 14.1. The van der Waals surface area contributed by atoms with Crippen molar-refractivity contribution in [3.63, 3.8) is 0 Å². The molecular formula is C23H27FN4O2. The summed E-state index contributed by atoms with van der Waals surface area (Å²) in [5.74, 6) is -0.333. The van der Waals surface area contributed by atoms with Gasteiger partial charge in [-0.2, -0.15) is 0 Å². The van der Waals surface area contributed by atoms with Gasteiger partial charge in [0.1, 0.15) is 5.82 Å². The van der Waals surface area contributed by atoms with Crippen LogP contribution in [-0.2, 0) is 6.54 Å². The molecule has 0 bridgehead atoms. The number of nitrogens with zero attached hydrogens (tertiary/aromatic N) is 3. The molecule has 0 aliphatic carbocycles. The molecule has 2 heterocycles. The van der Waals surface area contributed by atoms with Gasteiger partial charge in [0.05, 0.1) is 0 Å². The number of urea groups is 2. The summed E-state index contributed by atoms with van der Waals surface area (Å²) in [5, 5.41) is 2.80. The Morgan fingerprint density at radius 1 is 1.07 bits per heavy atom. The summed E-state index contributed by atoms with van der Waals surface area (Å²) in [4.78, 5) is 31.0. The zero-order valence-corrected chi connectivity index (χ0v) is 17.2. The quantitative estimate of drug-likeness (QED) is 0.826. The first-order valence-corrected chi connectivity index (χ1v) is 10.4. The van der Waals surface area contributed by atoms with Gasteiger partial charge in [-0.05, 0) is 49.6 Å². The maximum Gasteiger partial charge on any atom is 0.321 e. The largest absolute Gasteiger partial charge is 0.324 e. The fourth-order valence-corrected chi connectivity index (χ4v) is 4.23. The number of anilines is 1. The minimum atomic E-state index is -0.333. The number of carbonyl (C=O) groups is 2. The molecular weight excluding hydrogens is 383 g/mol. The molecule has 2 saturated heterocycles. The van der Waals surface area contributed by atoms with Gasteiger partial charge in [0, 0.05) is 44.5 Å². The van der Waals surface area contributed by atoms with Crippen LogP contribution >= 0.6 is 0 Å². The normalized spacial score (nSPS) is 17.5. The van der Waals surface area contributed by atoms with E-state index in [4.69, 9.17) is 0 Å². The molecule has 2 aliphatic rings. The van der Waals surface area contributed by atoms with E-state index in [0.717, 1.165) is 31.5 Å². The zero-order valence-electron chi connectivity index (χ0n) is 17.2. The van der Waals surface area contributed by atoms with Gasteiger partial charge in [0.15, 0.2) is 0 Å². The number of hydrogen-bond acceptors (Lipinski definition) is 2. The Balaban J connectivity index is 1.28. The first-order chi connectivity index (χ1) is 14.5. The summed E-state index contributed by atoms with van der Waals surface area (Å²) in [5.41, 5.74) is 2.92. The number of amides is 4. The molecule has 2 aromatic carbocycles. The lowest BCUT2D eigenvalue weighted by molar-refractivity contribution is 0.139. The Morgan fingerprint density at radius 3 is 2.50 bits per heavy atom. The minimum absolute atomic E-state index is 0.0886. The second-order valence-corrected chi connectivity index (χ2v) is 8.04. The van der Waals surface area contributed by atoms with Crippen LogP contribution in [0, 0.1) is 12.7 Å². The number of hydrogen-bond donors (Lipinski definition) is 1. The van der Waals surface area contributed by atoms with Crippen molar-refractivity contribution in [2.24, 2.45) is 0 Å². The van der Waals surface area contributed by atoms with E-state index in [0.29, 0.717) is 25.3 Å². The molecule has 158 valence electrons. The number of aryl methyl sites for hydroxylation is 1. The number of halogens is 1. The van der Waals surface area contributed by atoms with E-state index >= 15 is 0 Å². The predicted molar refractivity (Wildman–Crippen MR) is 114 cm³/mol. The lowest BCUT2D eigenvalue weighted by Crippen LogP contribution is -2.49. The van der Waals surface area contributed by atoms with Gasteiger partial charge >= 0.3 is 12.1 Å². The molecule has 0 saturated carbocycles. The van der Waals surface area contributed by atoms with Gasteiger partial charge in [-0.3, -0.25) is 0 Å². The van der Waals surface area contributed by atoms with Gasteiger partial charge in [0.2, 0.25) is 0 Å². The second-order valence-electron chi connectivity index (χ2n) is 8.04. The lowest BCUT2D eigenvalue weighted by Gasteiger charge is -2.36. The lowest BCUT2D eigenvalue weighted by atomic mass is 10.0. The van der Waals surface area contributed by atoms with Gasteiger partial charge in [-0.15, -0.1) is 0 Å². The van der Waals surface area contributed by atoms with Crippen molar-refractivity contribution < 1.29 is 14.0 Å². The summed E-state index contributed by atoms with van der Waals surface area (Å²) >= 11 is 0. The van der Waals surface area contributed by atoms with E-state index in [1.807, 2.05) is 15.9 Å². The van der Waals surface area contributed by atoms with E-state index in [-0.39, 0.29) is 23.9 Å². The van der Waals surface area contributed by atoms with Crippen molar-refractivity contribution in [1.82, 2.24) is 14.7 Å². The Kier molecular flexibility index (Phi) is 5.88. The molecule has 30 heavy (non-hydrogen) atoms. The number of likely N-dealkylation sites (tertiary alicyclic amines) is 1. The third-order valence-electron chi connectivity index (χ3n) is 5.87. The molecule has 6 nitrogen and oxygen atoms in total. The summed E-state index contributed by atoms with van der Waals surface area (Å²) in [6.07, 6.45) is 1.53. The van der Waals surface area contributed by atoms with E-state index in [1.165, 1.54) is 17.7 Å². The van der Waals surface area contributed by atoms with Crippen molar-refractivity contribution in [3.8, 4) is 0 Å². The molecule has 0 atom stereocenters. The maximum absolute atomic E-state index is 13.0. The van der Waals surface area contributed by atoms with Gasteiger partial charge in [-0.1, -0.05) is 29.8 Å². The van der Waals surface area contributed by atoms with Crippen LogP contribution in [0.5, 0.6) is 0 Å². The molecule has 2 aromatic rings. The number of rotatable bonds is 4. The van der Waals surface area contributed by atoms with Crippen molar-refractivity contribution >= 4 is 17.7 Å². The van der Waals surface area contributed by atoms with Crippen LogP contribution in [0.4, 0.5) is 19.7 Å². The van der Waals surface area contributed by atoms with E-state index < -0.39 is 0 Å². The highest BCUT2D eigenvalue weighted by Crippen LogP contribution is 2.23. The van der Waals surface area contributed by atoms with Gasteiger partial charge in [-0.25, -0.2) is 14.0 Å². The average Bonchev–Trinajstić information content (AvgIpc) is 3.10. The highest BCUT2D eigenvalue weighted by Gasteiger charge is 2.36. The highest BCUT2D eigenvalue weighted by molar-refractivity contribution is 5.89. The molecule has 0 unspecified atom stereocenters. The van der Waals surface area contributed by atoms with E-state index in [1.54, 1.807) is 17.0 Å². The van der Waals surface area contributed by atoms with Crippen LogP contribution in [0.15, 0.2) is 48.5 Å². The fraction of sp³-hybridized carbons (Fsp3) is 0.391. The standard InChI is InChI=1S/C23H27FN4O2/c1-17-3-2-4-18(15-17)16-27-13-14-28(23(27)30)21-9-11-26(12-10-21)22(29)25-20-7-5-19(24)6-8-20/h2-8,15,21H,9-14,16H2,1H3,(H,25,29). The van der Waals surface area contributed by atoms with Crippen LogP contribution in [0.25, 0.3) is 0 Å². The fourth-order valence-electron chi connectivity index (χ4n) is 4.23. The number of nitrogens with one attached hydrogen (secondary N) is 1. The van der Waals surface area contributed by atoms with E-state index in [2.05, 4.69) is 30.4 Å². The smallest absolute Gasteiger partial charge is 0.321 e. The monoisotopic (exact) mass is 410 g/mol. The molecule has 0 aromatic heterocycles. The summed E-state index contributed by atoms with van der Waals surface area (Å²) < 4.78 is 13.0. The summed E-state index contributed by atoms with van der Waals surface area (Å²) in [6.45, 7) is 5.35. The molecule has 1 N–H and O–H groups in total. The third-order valence-corrected chi connectivity index (χ3v) is 5.87. The van der Waals surface area contributed by atoms with Gasteiger partial charge in [0.25, 0.3) is 0 Å². The first-order valence-electron chi connectivity index (χ1n) is 10.4. The van der Waals surface area contributed by atoms with E-state index in [9.17, 15) is 14.0 Å². The Bertz CT molecular complexity index is 910. The van der Waals surface area contributed by atoms with Crippen molar-refractivity contribution in [2.45, 2.75) is 32.4 Å². The molecule has 2 fully saturated rings. The first kappa shape index (κ1) is 20.2. The average molecular weight is 410 g/mol. The molecule has 4 amide bonds. The van der Waals surface area contributed by atoms with Gasteiger partial charge < -0.3 is 20.0 Å². The van der Waals surface area contributed by atoms with Crippen LogP contribution in [-0.4, -0.2) is 59.0 Å². The Hall–Kier alpha value is -3.09. The van der Waals surface area contributed by atoms with Crippen LogP contribution in [0.2, 0.25) is 0 Å². The Morgan fingerprint density at radius 2 is 1.80 bits per heavy atom. The van der Waals surface area contributed by atoms with Crippen molar-refractivity contribution in [2.75, 3.05) is 31.5 Å². The molecule has 0 spiro atoms. The highest BCUT2D eigenvalue weighted by atomic mass is 19.1. The Labute approximate surface area is 176 Å². The number of benzene rings is 2.